The zero-order chi connectivity index (χ0) is 20.4. The van der Waals surface area contributed by atoms with E-state index in [4.69, 9.17) is 4.74 Å². The minimum Gasteiger partial charge on any atom is -0.447 e. The van der Waals surface area contributed by atoms with E-state index in [-0.39, 0.29) is 12.6 Å². The Bertz CT molecular complexity index is 995. The summed E-state index contributed by atoms with van der Waals surface area (Å²) in [6, 6.07) is 11.1. The van der Waals surface area contributed by atoms with Crippen LogP contribution in [0.1, 0.15) is 24.8 Å². The van der Waals surface area contributed by atoms with Gasteiger partial charge in [0.15, 0.2) is 0 Å². The molecule has 4 rings (SSSR count). The van der Waals surface area contributed by atoms with Gasteiger partial charge in [0.05, 0.1) is 12.1 Å². The number of amides is 1. The fourth-order valence-electron chi connectivity index (χ4n) is 3.07. The minimum atomic E-state index is -0.736. The number of aliphatic hydroxyl groups excluding tert-OH is 1. The second kappa shape index (κ2) is 8.14. The van der Waals surface area contributed by atoms with E-state index >= 15 is 0 Å². The number of rotatable bonds is 6. The van der Waals surface area contributed by atoms with Gasteiger partial charge in [-0.15, -0.1) is 11.3 Å². The number of carbonyl (C=O) groups excluding carboxylic acids is 1. The van der Waals surface area contributed by atoms with Crippen LogP contribution in [0.4, 0.5) is 16.6 Å². The number of aromatic nitrogens is 3. The standard InChI is InChI=1S/C20H21N5O3S/c1-12(16-10-22-18(29-16)14-6-4-3-5-7-14)23-19-21-9-8-17(24-19)25-15(13(2)26)11-28-20(25)27/h3-10,12-13,15,26H,11H2,1-2H3,(H,21,23,24)/t12-,13+,15?/m0/s1. The first-order chi connectivity index (χ1) is 14.0. The van der Waals surface area contributed by atoms with Crippen molar-refractivity contribution < 1.29 is 14.6 Å². The van der Waals surface area contributed by atoms with Gasteiger partial charge < -0.3 is 15.2 Å². The number of nitrogens with zero attached hydrogens (tertiary/aromatic N) is 4. The lowest BCUT2D eigenvalue weighted by Crippen LogP contribution is -2.41. The molecule has 3 aromatic rings. The van der Waals surface area contributed by atoms with Crippen molar-refractivity contribution in [1.29, 1.82) is 0 Å². The summed E-state index contributed by atoms with van der Waals surface area (Å²) < 4.78 is 5.07. The number of hydrogen-bond donors (Lipinski definition) is 2. The van der Waals surface area contributed by atoms with Crippen LogP contribution >= 0.6 is 11.3 Å². The number of benzene rings is 1. The van der Waals surface area contributed by atoms with Gasteiger partial charge in [-0.3, -0.25) is 4.90 Å². The molecule has 1 aliphatic rings. The van der Waals surface area contributed by atoms with Crippen molar-refractivity contribution in [2.24, 2.45) is 0 Å². The van der Waals surface area contributed by atoms with Crippen molar-refractivity contribution >= 4 is 29.2 Å². The SMILES string of the molecule is C[C@H](Nc1nccc(N2C(=O)OCC2[C@@H](C)O)n1)c1cnc(-c2ccccc2)s1. The van der Waals surface area contributed by atoms with Crippen LogP contribution in [0.15, 0.2) is 48.8 Å². The number of hydrogen-bond acceptors (Lipinski definition) is 8. The maximum Gasteiger partial charge on any atom is 0.416 e. The van der Waals surface area contributed by atoms with E-state index in [2.05, 4.69) is 20.3 Å². The van der Waals surface area contributed by atoms with Gasteiger partial charge in [0.1, 0.15) is 23.5 Å². The lowest BCUT2D eigenvalue weighted by atomic mass is 10.2. The number of nitrogens with one attached hydrogen (secondary N) is 1. The number of anilines is 2. The summed E-state index contributed by atoms with van der Waals surface area (Å²) >= 11 is 1.60. The Kier molecular flexibility index (Phi) is 5.41. The normalized spacial score (nSPS) is 18.4. The van der Waals surface area contributed by atoms with E-state index in [0.717, 1.165) is 15.4 Å². The van der Waals surface area contributed by atoms with Gasteiger partial charge in [-0.1, -0.05) is 30.3 Å². The maximum absolute atomic E-state index is 12.1. The lowest BCUT2D eigenvalue weighted by molar-refractivity contribution is 0.142. The molecule has 9 heteroatoms. The zero-order valence-corrected chi connectivity index (χ0v) is 16.8. The lowest BCUT2D eigenvalue weighted by Gasteiger charge is -2.23. The van der Waals surface area contributed by atoms with Crippen molar-refractivity contribution in [1.82, 2.24) is 15.0 Å². The molecule has 0 saturated carbocycles. The first kappa shape index (κ1) is 19.3. The molecule has 0 spiro atoms. The van der Waals surface area contributed by atoms with Crippen molar-refractivity contribution in [2.45, 2.75) is 32.0 Å². The topological polar surface area (TPSA) is 100 Å². The summed E-state index contributed by atoms with van der Waals surface area (Å²) in [6.45, 7) is 3.75. The highest BCUT2D eigenvalue weighted by atomic mass is 32.1. The van der Waals surface area contributed by atoms with Crippen LogP contribution in [0.5, 0.6) is 0 Å². The summed E-state index contributed by atoms with van der Waals surface area (Å²) in [4.78, 5) is 27.7. The average Bonchev–Trinajstić information content (AvgIpc) is 3.36. The zero-order valence-electron chi connectivity index (χ0n) is 16.0. The molecule has 1 aromatic carbocycles. The van der Waals surface area contributed by atoms with Gasteiger partial charge >= 0.3 is 6.09 Å². The quantitative estimate of drug-likeness (QED) is 0.640. The second-order valence-corrected chi connectivity index (χ2v) is 7.86. The molecule has 3 atom stereocenters. The summed E-state index contributed by atoms with van der Waals surface area (Å²) in [5, 5.41) is 14.1. The number of cyclic esters (lactones) is 1. The van der Waals surface area contributed by atoms with Gasteiger partial charge in [0.25, 0.3) is 0 Å². The number of carbonyl (C=O) groups is 1. The van der Waals surface area contributed by atoms with Crippen LogP contribution in [0.25, 0.3) is 10.6 Å². The Morgan fingerprint density at radius 3 is 2.79 bits per heavy atom. The number of thiazole rings is 1. The molecular weight excluding hydrogens is 390 g/mol. The number of aliphatic hydroxyl groups is 1. The van der Waals surface area contributed by atoms with Crippen molar-refractivity contribution in [2.75, 3.05) is 16.8 Å². The summed E-state index contributed by atoms with van der Waals surface area (Å²) in [5.74, 6) is 0.770. The Hall–Kier alpha value is -3.04. The van der Waals surface area contributed by atoms with E-state index in [1.807, 2.05) is 43.5 Å². The van der Waals surface area contributed by atoms with Crippen molar-refractivity contribution in [3.05, 3.63) is 53.7 Å². The molecule has 1 saturated heterocycles. The summed E-state index contributed by atoms with van der Waals surface area (Å²) in [7, 11) is 0. The number of ether oxygens (including phenoxy) is 1. The van der Waals surface area contributed by atoms with Crippen LogP contribution in [0, 0.1) is 0 Å². The Labute approximate surface area is 172 Å². The van der Waals surface area contributed by atoms with Gasteiger partial charge in [-0.05, 0) is 19.9 Å². The second-order valence-electron chi connectivity index (χ2n) is 6.79. The van der Waals surface area contributed by atoms with Crippen LogP contribution in [-0.4, -0.2) is 44.9 Å². The third kappa shape index (κ3) is 4.06. The highest BCUT2D eigenvalue weighted by Crippen LogP contribution is 2.30. The molecule has 1 fully saturated rings. The largest absolute Gasteiger partial charge is 0.447 e. The minimum absolute atomic E-state index is 0.0710. The molecule has 8 nitrogen and oxygen atoms in total. The van der Waals surface area contributed by atoms with E-state index in [9.17, 15) is 9.90 Å². The fraction of sp³-hybridized carbons (Fsp3) is 0.300. The molecule has 29 heavy (non-hydrogen) atoms. The summed E-state index contributed by atoms with van der Waals surface area (Å²) in [6.07, 6.45) is 2.16. The molecule has 0 radical (unpaired) electrons. The van der Waals surface area contributed by atoms with Gasteiger partial charge in [-0.25, -0.2) is 14.8 Å². The molecule has 1 aliphatic heterocycles. The molecule has 0 bridgehead atoms. The van der Waals surface area contributed by atoms with Gasteiger partial charge in [-0.2, -0.15) is 4.98 Å². The molecule has 1 amide bonds. The monoisotopic (exact) mass is 411 g/mol. The first-order valence-electron chi connectivity index (χ1n) is 9.27. The van der Waals surface area contributed by atoms with Crippen LogP contribution in [0.2, 0.25) is 0 Å². The van der Waals surface area contributed by atoms with E-state index < -0.39 is 18.2 Å². The Balaban J connectivity index is 1.51. The molecule has 150 valence electrons. The predicted molar refractivity (Wildman–Crippen MR) is 111 cm³/mol. The van der Waals surface area contributed by atoms with Crippen LogP contribution in [-0.2, 0) is 4.74 Å². The van der Waals surface area contributed by atoms with Crippen LogP contribution < -0.4 is 10.2 Å². The average molecular weight is 411 g/mol. The highest BCUT2D eigenvalue weighted by molar-refractivity contribution is 7.15. The Morgan fingerprint density at radius 2 is 2.03 bits per heavy atom. The summed E-state index contributed by atoms with van der Waals surface area (Å²) in [5.41, 5.74) is 1.07. The molecule has 2 aromatic heterocycles. The van der Waals surface area contributed by atoms with Crippen molar-refractivity contribution in [3.63, 3.8) is 0 Å². The van der Waals surface area contributed by atoms with Gasteiger partial charge in [0.2, 0.25) is 5.95 Å². The van der Waals surface area contributed by atoms with Crippen molar-refractivity contribution in [3.8, 4) is 10.6 Å². The van der Waals surface area contributed by atoms with Gasteiger partial charge in [0, 0.05) is 22.8 Å². The third-order valence-electron chi connectivity index (χ3n) is 4.67. The molecule has 2 N–H and O–H groups in total. The molecular formula is C20H21N5O3S. The van der Waals surface area contributed by atoms with Crippen LogP contribution in [0.3, 0.4) is 0 Å². The molecule has 1 unspecified atom stereocenters. The maximum atomic E-state index is 12.1. The fourth-order valence-corrected chi connectivity index (χ4v) is 4.00. The smallest absolute Gasteiger partial charge is 0.416 e. The third-order valence-corrected chi connectivity index (χ3v) is 5.90. The predicted octanol–water partition coefficient (Wildman–Crippen LogP) is 3.48. The van der Waals surface area contributed by atoms with E-state index in [1.54, 1.807) is 30.5 Å². The van der Waals surface area contributed by atoms with E-state index in [1.165, 1.54) is 4.90 Å². The van der Waals surface area contributed by atoms with E-state index in [0.29, 0.717) is 11.8 Å². The highest BCUT2D eigenvalue weighted by Gasteiger charge is 2.38. The molecule has 3 heterocycles. The first-order valence-corrected chi connectivity index (χ1v) is 10.1. The molecule has 0 aliphatic carbocycles. The Morgan fingerprint density at radius 1 is 1.24 bits per heavy atom.